The Kier molecular flexibility index (Phi) is 9.43. The topological polar surface area (TPSA) is 132 Å². The molecule has 3 aromatic carbocycles. The average Bonchev–Trinajstić information content (AvgIpc) is 3.58. The number of piperidine rings is 1. The third kappa shape index (κ3) is 7.12. The van der Waals surface area contributed by atoms with Crippen molar-refractivity contribution in [1.29, 1.82) is 5.26 Å². The predicted octanol–water partition coefficient (Wildman–Crippen LogP) is 6.27. The van der Waals surface area contributed by atoms with Crippen LogP contribution in [0.4, 0.5) is 17.1 Å². The van der Waals surface area contributed by atoms with Crippen LogP contribution in [0.25, 0.3) is 10.9 Å². The summed E-state index contributed by atoms with van der Waals surface area (Å²) in [6.07, 6.45) is 5.24. The Balaban J connectivity index is 1.30. The molecule has 0 bridgehead atoms. The number of benzene rings is 3. The molecule has 1 amide bonds. The number of pyridine rings is 1. The molecule has 0 spiro atoms. The number of amides is 1. The molecule has 6 rings (SSSR count). The Morgan fingerprint density at radius 3 is 2.76 bits per heavy atom. The van der Waals surface area contributed by atoms with Crippen molar-refractivity contribution in [3.63, 3.8) is 0 Å². The molecule has 236 valence electrons. The van der Waals surface area contributed by atoms with Gasteiger partial charge in [0.2, 0.25) is 5.91 Å². The van der Waals surface area contributed by atoms with Gasteiger partial charge in [0.15, 0.2) is 0 Å². The van der Waals surface area contributed by atoms with Crippen molar-refractivity contribution < 1.29 is 23.7 Å². The minimum atomic E-state index is -0.429. The molecule has 11 heteroatoms. The standard InChI is InChI=1S/C35H34ClN5O5/c1-43-26-4-2-3-23(13-26)20-45-32-6-5-25(15-29(32)36)40-35-24(18-37)19-39-30-17-33(46-27-9-12-44-21-27)31(16-28(30)35)41-10-7-22(8-11-41)14-34(38)42/h2-6,13-17,19,27H,7-12,20-21H2,1H3,(H2,38,42)(H,39,40). The fraction of sp³-hybridized carbons (Fsp3) is 0.286. The Labute approximate surface area is 272 Å². The first-order valence-electron chi connectivity index (χ1n) is 15.1. The number of fused-ring (bicyclic) bond motifs is 1. The number of nitrogens with zero attached hydrogens (tertiary/aromatic N) is 3. The van der Waals surface area contributed by atoms with Crippen molar-refractivity contribution in [3.8, 4) is 23.3 Å². The van der Waals surface area contributed by atoms with Crippen LogP contribution in [-0.4, -0.2) is 50.4 Å². The Hall–Kier alpha value is -4.98. The number of ether oxygens (including phenoxy) is 4. The maximum absolute atomic E-state index is 11.5. The highest BCUT2D eigenvalue weighted by Crippen LogP contribution is 2.40. The number of nitrogens with one attached hydrogen (secondary N) is 1. The zero-order valence-electron chi connectivity index (χ0n) is 25.4. The van der Waals surface area contributed by atoms with Crippen molar-refractivity contribution in [2.24, 2.45) is 5.73 Å². The molecule has 1 unspecified atom stereocenters. The minimum absolute atomic E-state index is 0.0610. The zero-order valence-corrected chi connectivity index (χ0v) is 26.2. The molecule has 2 saturated heterocycles. The zero-order chi connectivity index (χ0) is 32.0. The summed E-state index contributed by atoms with van der Waals surface area (Å²) in [6, 6.07) is 19.3. The summed E-state index contributed by atoms with van der Waals surface area (Å²) >= 11 is 6.65. The summed E-state index contributed by atoms with van der Waals surface area (Å²) in [7, 11) is 1.63. The highest BCUT2D eigenvalue weighted by molar-refractivity contribution is 6.32. The Bertz CT molecular complexity index is 1820. The molecule has 2 fully saturated rings. The molecule has 4 aromatic rings. The van der Waals surface area contributed by atoms with Gasteiger partial charge in [-0.25, -0.2) is 0 Å². The van der Waals surface area contributed by atoms with E-state index in [9.17, 15) is 10.1 Å². The lowest BCUT2D eigenvalue weighted by atomic mass is 10.0. The van der Waals surface area contributed by atoms with Crippen LogP contribution in [0.1, 0.15) is 30.4 Å². The van der Waals surface area contributed by atoms with Crippen LogP contribution >= 0.6 is 11.6 Å². The number of anilines is 3. The summed E-state index contributed by atoms with van der Waals surface area (Å²) in [5, 5.41) is 14.7. The highest BCUT2D eigenvalue weighted by atomic mass is 35.5. The number of methoxy groups -OCH3 is 1. The molecule has 10 nitrogen and oxygen atoms in total. The van der Waals surface area contributed by atoms with Crippen molar-refractivity contribution >= 4 is 45.5 Å². The minimum Gasteiger partial charge on any atom is -0.497 e. The fourth-order valence-electron chi connectivity index (χ4n) is 5.70. The van der Waals surface area contributed by atoms with Crippen molar-refractivity contribution in [2.45, 2.75) is 32.0 Å². The van der Waals surface area contributed by atoms with Gasteiger partial charge < -0.3 is 34.9 Å². The van der Waals surface area contributed by atoms with Crippen LogP contribution in [0.15, 0.2) is 72.4 Å². The van der Waals surface area contributed by atoms with Gasteiger partial charge in [-0.1, -0.05) is 29.3 Å². The number of nitriles is 1. The van der Waals surface area contributed by atoms with Gasteiger partial charge >= 0.3 is 0 Å². The molecule has 1 aromatic heterocycles. The Morgan fingerprint density at radius 1 is 1.20 bits per heavy atom. The third-order valence-corrected chi connectivity index (χ3v) is 8.37. The number of rotatable bonds is 10. The van der Waals surface area contributed by atoms with E-state index in [2.05, 4.69) is 21.3 Å². The van der Waals surface area contributed by atoms with Crippen LogP contribution in [-0.2, 0) is 16.1 Å². The number of primary amides is 1. The third-order valence-electron chi connectivity index (χ3n) is 8.07. The molecular formula is C35H34ClN5O5. The second kappa shape index (κ2) is 14.0. The van der Waals surface area contributed by atoms with Crippen LogP contribution in [0.5, 0.6) is 17.2 Å². The van der Waals surface area contributed by atoms with Gasteiger partial charge in [-0.15, -0.1) is 0 Å². The highest BCUT2D eigenvalue weighted by Gasteiger charge is 2.25. The summed E-state index contributed by atoms with van der Waals surface area (Å²) in [5.74, 6) is 1.56. The van der Waals surface area contributed by atoms with Crippen molar-refractivity contribution in [2.75, 3.05) is 43.6 Å². The molecule has 0 radical (unpaired) electrons. The smallest absolute Gasteiger partial charge is 0.241 e. The Morgan fingerprint density at radius 2 is 2.04 bits per heavy atom. The SMILES string of the molecule is COc1cccc(COc2ccc(Nc3c(C#N)cnc4cc(OC5CCOC5)c(N5CCC(=CC(N)=O)CC5)cc34)cc2Cl)c1. The summed E-state index contributed by atoms with van der Waals surface area (Å²) < 4.78 is 23.3. The first kappa shape index (κ1) is 31.0. The van der Waals surface area contributed by atoms with E-state index in [0.717, 1.165) is 34.4 Å². The van der Waals surface area contributed by atoms with Gasteiger partial charge in [-0.2, -0.15) is 5.26 Å². The van der Waals surface area contributed by atoms with Gasteiger partial charge in [0.1, 0.15) is 36.0 Å². The lowest BCUT2D eigenvalue weighted by molar-refractivity contribution is -0.113. The molecule has 2 aliphatic rings. The quantitative estimate of drug-likeness (QED) is 0.193. The van der Waals surface area contributed by atoms with Gasteiger partial charge in [0.05, 0.1) is 47.8 Å². The molecule has 0 aliphatic carbocycles. The number of aromatic nitrogens is 1. The van der Waals surface area contributed by atoms with E-state index in [0.29, 0.717) is 84.7 Å². The average molecular weight is 640 g/mol. The van der Waals surface area contributed by atoms with Gasteiger partial charge in [-0.3, -0.25) is 9.78 Å². The molecule has 2 aliphatic heterocycles. The molecular weight excluding hydrogens is 606 g/mol. The molecule has 1 atom stereocenters. The number of nitrogens with two attached hydrogens (primary N) is 1. The summed E-state index contributed by atoms with van der Waals surface area (Å²) in [4.78, 5) is 18.3. The van der Waals surface area contributed by atoms with E-state index < -0.39 is 5.91 Å². The van der Waals surface area contributed by atoms with Crippen molar-refractivity contribution in [1.82, 2.24) is 4.98 Å². The maximum atomic E-state index is 11.5. The van der Waals surface area contributed by atoms with Crippen LogP contribution in [0.3, 0.4) is 0 Å². The number of carbonyl (C=O) groups excluding carboxylic acids is 1. The molecule has 0 saturated carbocycles. The second-order valence-electron chi connectivity index (χ2n) is 11.2. The number of halogens is 1. The number of hydrogen-bond acceptors (Lipinski definition) is 9. The van der Waals surface area contributed by atoms with E-state index in [1.807, 2.05) is 42.5 Å². The fourth-order valence-corrected chi connectivity index (χ4v) is 5.93. The van der Waals surface area contributed by atoms with Crippen LogP contribution < -0.4 is 30.2 Å². The van der Waals surface area contributed by atoms with Crippen molar-refractivity contribution in [3.05, 3.63) is 88.6 Å². The normalized spacial score (nSPS) is 16.2. The monoisotopic (exact) mass is 639 g/mol. The number of hydrogen-bond donors (Lipinski definition) is 2. The van der Waals surface area contributed by atoms with Crippen LogP contribution in [0, 0.1) is 11.3 Å². The first-order chi connectivity index (χ1) is 22.4. The lowest BCUT2D eigenvalue weighted by Gasteiger charge is -2.32. The van der Waals surface area contributed by atoms with E-state index in [4.69, 9.17) is 36.3 Å². The van der Waals surface area contributed by atoms with Gasteiger partial charge in [0, 0.05) is 48.9 Å². The maximum Gasteiger partial charge on any atom is 0.241 e. The largest absolute Gasteiger partial charge is 0.497 e. The first-order valence-corrected chi connectivity index (χ1v) is 15.5. The summed E-state index contributed by atoms with van der Waals surface area (Å²) in [5.41, 5.74) is 10.6. The van der Waals surface area contributed by atoms with Gasteiger partial charge in [-0.05, 0) is 54.8 Å². The second-order valence-corrected chi connectivity index (χ2v) is 11.6. The summed E-state index contributed by atoms with van der Waals surface area (Å²) in [6.45, 7) is 2.88. The molecule has 46 heavy (non-hydrogen) atoms. The predicted molar refractivity (Wildman–Crippen MR) is 177 cm³/mol. The van der Waals surface area contributed by atoms with E-state index in [1.165, 1.54) is 6.08 Å². The van der Waals surface area contributed by atoms with Gasteiger partial charge in [0.25, 0.3) is 0 Å². The van der Waals surface area contributed by atoms with E-state index in [-0.39, 0.29) is 6.10 Å². The van der Waals surface area contributed by atoms with E-state index >= 15 is 0 Å². The number of carbonyl (C=O) groups is 1. The molecule has 3 heterocycles. The molecule has 3 N–H and O–H groups in total. The van der Waals surface area contributed by atoms with Crippen LogP contribution in [0.2, 0.25) is 5.02 Å². The van der Waals surface area contributed by atoms with E-state index in [1.54, 1.807) is 25.4 Å². The lowest BCUT2D eigenvalue weighted by Crippen LogP contribution is -2.32.